The van der Waals surface area contributed by atoms with Gasteiger partial charge in [0.2, 0.25) is 5.91 Å². The number of benzene rings is 1. The second kappa shape index (κ2) is 8.64. The first-order valence-corrected chi connectivity index (χ1v) is 8.02. The lowest BCUT2D eigenvalue weighted by Gasteiger charge is -2.19. The Kier molecular flexibility index (Phi) is 7.18. The van der Waals surface area contributed by atoms with Gasteiger partial charge in [-0.1, -0.05) is 0 Å². The zero-order valence-electron chi connectivity index (χ0n) is 14.0. The van der Waals surface area contributed by atoms with Crippen molar-refractivity contribution < 1.29 is 23.3 Å². The van der Waals surface area contributed by atoms with Crippen LogP contribution in [0.4, 0.5) is 0 Å². The lowest BCUT2D eigenvalue weighted by Crippen LogP contribution is -2.38. The van der Waals surface area contributed by atoms with Gasteiger partial charge in [-0.15, -0.1) is 0 Å². The SMILES string of the molecule is COC(=O)CNC(=O)CN(C)S(=O)c1c(C)cc(OC)cc1C. The molecule has 0 spiro atoms. The number of hydrogen-bond donors (Lipinski definition) is 1. The summed E-state index contributed by atoms with van der Waals surface area (Å²) in [6, 6.07) is 3.59. The van der Waals surface area contributed by atoms with Crippen molar-refractivity contribution in [3.63, 3.8) is 0 Å². The molecule has 1 aromatic carbocycles. The van der Waals surface area contributed by atoms with E-state index >= 15 is 0 Å². The topological polar surface area (TPSA) is 84.9 Å². The fraction of sp³-hybridized carbons (Fsp3) is 0.467. The van der Waals surface area contributed by atoms with Crippen molar-refractivity contribution in [2.75, 3.05) is 34.4 Å². The average molecular weight is 342 g/mol. The number of aryl methyl sites for hydroxylation is 2. The van der Waals surface area contributed by atoms with E-state index in [2.05, 4.69) is 10.1 Å². The van der Waals surface area contributed by atoms with Crippen LogP contribution in [0.25, 0.3) is 0 Å². The molecule has 0 aromatic heterocycles. The Hall–Kier alpha value is -1.93. The molecule has 1 aromatic rings. The highest BCUT2D eigenvalue weighted by Gasteiger charge is 2.19. The molecule has 23 heavy (non-hydrogen) atoms. The highest BCUT2D eigenvalue weighted by atomic mass is 32.2. The molecule has 1 unspecified atom stereocenters. The first-order valence-electron chi connectivity index (χ1n) is 6.92. The average Bonchev–Trinajstić information content (AvgIpc) is 2.51. The molecule has 1 atom stereocenters. The molecule has 0 radical (unpaired) electrons. The minimum Gasteiger partial charge on any atom is -0.497 e. The maximum Gasteiger partial charge on any atom is 0.325 e. The summed E-state index contributed by atoms with van der Waals surface area (Å²) in [6.45, 7) is 3.37. The number of nitrogens with zero attached hydrogens (tertiary/aromatic N) is 1. The highest BCUT2D eigenvalue weighted by molar-refractivity contribution is 7.82. The van der Waals surface area contributed by atoms with Crippen LogP contribution in [0.1, 0.15) is 11.1 Å². The predicted molar refractivity (Wildman–Crippen MR) is 86.5 cm³/mol. The Labute approximate surface area is 138 Å². The second-order valence-corrected chi connectivity index (χ2v) is 6.51. The van der Waals surface area contributed by atoms with E-state index in [1.807, 2.05) is 13.8 Å². The van der Waals surface area contributed by atoms with Crippen LogP contribution in [-0.4, -0.2) is 54.7 Å². The summed E-state index contributed by atoms with van der Waals surface area (Å²) in [5, 5.41) is 2.41. The molecule has 0 bridgehead atoms. The van der Waals surface area contributed by atoms with Crippen LogP contribution in [0.15, 0.2) is 17.0 Å². The number of amides is 1. The maximum absolute atomic E-state index is 12.6. The fourth-order valence-corrected chi connectivity index (χ4v) is 3.23. The molecule has 8 heteroatoms. The lowest BCUT2D eigenvalue weighted by atomic mass is 10.1. The van der Waals surface area contributed by atoms with Crippen molar-refractivity contribution in [3.05, 3.63) is 23.3 Å². The number of ether oxygens (including phenoxy) is 2. The van der Waals surface area contributed by atoms with Gasteiger partial charge in [0.05, 0.1) is 25.7 Å². The van der Waals surface area contributed by atoms with E-state index in [1.54, 1.807) is 26.3 Å². The molecular formula is C15H22N2O5S. The summed E-state index contributed by atoms with van der Waals surface area (Å²) in [5.41, 5.74) is 1.64. The van der Waals surface area contributed by atoms with Crippen molar-refractivity contribution in [2.45, 2.75) is 18.7 Å². The quantitative estimate of drug-likeness (QED) is 0.732. The Bertz CT molecular complexity index is 595. The van der Waals surface area contributed by atoms with Gasteiger partial charge in [-0.25, -0.2) is 8.51 Å². The molecular weight excluding hydrogens is 320 g/mol. The summed E-state index contributed by atoms with van der Waals surface area (Å²) in [5.74, 6) is -0.252. The molecule has 1 N–H and O–H groups in total. The van der Waals surface area contributed by atoms with Crippen LogP contribution in [0.5, 0.6) is 5.75 Å². The van der Waals surface area contributed by atoms with Crippen LogP contribution in [0.2, 0.25) is 0 Å². The van der Waals surface area contributed by atoms with Crippen LogP contribution in [0.3, 0.4) is 0 Å². The standard InChI is InChI=1S/C15H22N2O5S/c1-10-6-12(21-4)7-11(2)15(10)23(20)17(3)9-13(18)16-8-14(19)22-5/h6-7H,8-9H2,1-5H3,(H,16,18). The van der Waals surface area contributed by atoms with Crippen molar-refractivity contribution in [3.8, 4) is 5.75 Å². The van der Waals surface area contributed by atoms with Gasteiger partial charge in [0.1, 0.15) is 23.3 Å². The van der Waals surface area contributed by atoms with E-state index in [-0.39, 0.29) is 13.1 Å². The summed E-state index contributed by atoms with van der Waals surface area (Å²) >= 11 is 0. The molecule has 0 aliphatic heterocycles. The number of carbonyl (C=O) groups is 2. The Morgan fingerprint density at radius 3 is 2.26 bits per heavy atom. The number of esters is 1. The summed E-state index contributed by atoms with van der Waals surface area (Å²) in [6.07, 6.45) is 0. The molecule has 0 heterocycles. The molecule has 7 nitrogen and oxygen atoms in total. The Morgan fingerprint density at radius 1 is 1.22 bits per heavy atom. The first kappa shape index (κ1) is 19.1. The molecule has 0 saturated carbocycles. The molecule has 1 rings (SSSR count). The molecule has 128 valence electrons. The van der Waals surface area contributed by atoms with Gasteiger partial charge in [-0.2, -0.15) is 0 Å². The van der Waals surface area contributed by atoms with Crippen molar-refractivity contribution in [1.82, 2.24) is 9.62 Å². The molecule has 0 fully saturated rings. The maximum atomic E-state index is 12.6. The largest absolute Gasteiger partial charge is 0.497 e. The van der Waals surface area contributed by atoms with Crippen molar-refractivity contribution in [2.24, 2.45) is 0 Å². The van der Waals surface area contributed by atoms with Gasteiger partial charge in [0.25, 0.3) is 0 Å². The van der Waals surface area contributed by atoms with Crippen LogP contribution >= 0.6 is 0 Å². The van der Waals surface area contributed by atoms with Gasteiger partial charge in [-0.05, 0) is 37.1 Å². The van der Waals surface area contributed by atoms with Gasteiger partial charge in [-0.3, -0.25) is 9.59 Å². The molecule has 0 aliphatic carbocycles. The van der Waals surface area contributed by atoms with Crippen LogP contribution in [-0.2, 0) is 25.3 Å². The zero-order valence-corrected chi connectivity index (χ0v) is 14.8. The summed E-state index contributed by atoms with van der Waals surface area (Å²) in [7, 11) is 2.90. The molecule has 0 aliphatic rings. The van der Waals surface area contributed by atoms with Gasteiger partial charge in [0, 0.05) is 7.05 Å². The Balaban J connectivity index is 2.77. The second-order valence-electron chi connectivity index (χ2n) is 4.98. The molecule has 0 saturated heterocycles. The van der Waals surface area contributed by atoms with Gasteiger partial charge in [0.15, 0.2) is 0 Å². The van der Waals surface area contributed by atoms with E-state index < -0.39 is 22.9 Å². The van der Waals surface area contributed by atoms with E-state index in [4.69, 9.17) is 4.74 Å². The Morgan fingerprint density at radius 2 is 1.78 bits per heavy atom. The van der Waals surface area contributed by atoms with Crippen molar-refractivity contribution >= 4 is 22.9 Å². The normalized spacial score (nSPS) is 11.9. The summed E-state index contributed by atoms with van der Waals surface area (Å²) in [4.78, 5) is 23.4. The number of rotatable bonds is 7. The number of hydrogen-bond acceptors (Lipinski definition) is 5. The van der Waals surface area contributed by atoms with Crippen LogP contribution in [0, 0.1) is 13.8 Å². The summed E-state index contributed by atoms with van der Waals surface area (Å²) < 4.78 is 23.7. The predicted octanol–water partition coefficient (Wildman–Crippen LogP) is 0.556. The zero-order chi connectivity index (χ0) is 17.6. The van der Waals surface area contributed by atoms with Crippen LogP contribution < -0.4 is 10.1 Å². The van der Waals surface area contributed by atoms with Gasteiger partial charge >= 0.3 is 5.97 Å². The smallest absolute Gasteiger partial charge is 0.325 e. The third kappa shape index (κ3) is 5.33. The third-order valence-electron chi connectivity index (χ3n) is 3.15. The monoisotopic (exact) mass is 342 g/mol. The van der Waals surface area contributed by atoms with Crippen molar-refractivity contribution in [1.29, 1.82) is 0 Å². The number of methoxy groups -OCH3 is 2. The lowest BCUT2D eigenvalue weighted by molar-refractivity contribution is -0.141. The number of carbonyl (C=O) groups excluding carboxylic acids is 2. The minimum atomic E-state index is -1.50. The van der Waals surface area contributed by atoms with E-state index in [1.165, 1.54) is 11.4 Å². The minimum absolute atomic E-state index is 0.103. The van der Waals surface area contributed by atoms with E-state index in [0.29, 0.717) is 10.6 Å². The third-order valence-corrected chi connectivity index (χ3v) is 4.84. The fourth-order valence-electron chi connectivity index (χ4n) is 2.02. The van der Waals surface area contributed by atoms with E-state index in [9.17, 15) is 13.8 Å². The molecule has 1 amide bonds. The number of likely N-dealkylation sites (N-methyl/N-ethyl adjacent to an activating group) is 1. The highest BCUT2D eigenvalue weighted by Crippen LogP contribution is 2.25. The number of nitrogens with one attached hydrogen (secondary N) is 1. The van der Waals surface area contributed by atoms with Gasteiger partial charge < -0.3 is 14.8 Å². The van der Waals surface area contributed by atoms with E-state index in [0.717, 1.165) is 11.1 Å². The first-order chi connectivity index (χ1) is 10.8.